The number of benzene rings is 1. The maximum atomic E-state index is 12.4. The van der Waals surface area contributed by atoms with Crippen molar-refractivity contribution in [3.8, 4) is 5.69 Å². The Morgan fingerprint density at radius 2 is 1.68 bits per heavy atom. The van der Waals surface area contributed by atoms with Crippen LogP contribution in [0, 0.1) is 0 Å². The van der Waals surface area contributed by atoms with E-state index in [4.69, 9.17) is 15.6 Å². The molecular weight excluding hydrogens is 352 g/mol. The first-order valence-electron chi connectivity index (χ1n) is 9.90. The van der Waals surface area contributed by atoms with Crippen LogP contribution in [-0.4, -0.2) is 39.5 Å². The van der Waals surface area contributed by atoms with E-state index in [1.807, 2.05) is 26.8 Å². The van der Waals surface area contributed by atoms with E-state index in [1.165, 1.54) is 11.1 Å². The molecule has 1 amide bonds. The van der Waals surface area contributed by atoms with Gasteiger partial charge in [0.25, 0.3) is 0 Å². The standard InChI is InChI=1S/C22H32N4O2/c1-21(2,3)18-14-19(23)26(24-18)17-8-7-15-9-11-25(12-10-16(15)13-17)20(27)28-22(4,5)6/h7-8,13-14H,9-12,23H2,1-6H3. The number of carbonyl (C=O) groups is 1. The molecule has 6 heteroatoms. The van der Waals surface area contributed by atoms with Gasteiger partial charge in [-0.25, -0.2) is 9.48 Å². The fourth-order valence-corrected chi connectivity index (χ4v) is 3.32. The molecule has 0 atom stereocenters. The van der Waals surface area contributed by atoms with Gasteiger partial charge in [-0.2, -0.15) is 5.10 Å². The zero-order valence-corrected chi connectivity index (χ0v) is 17.9. The van der Waals surface area contributed by atoms with Crippen LogP contribution < -0.4 is 5.73 Å². The molecule has 1 aromatic heterocycles. The van der Waals surface area contributed by atoms with Crippen LogP contribution in [0.5, 0.6) is 0 Å². The minimum absolute atomic E-state index is 0.0566. The van der Waals surface area contributed by atoms with Crippen LogP contribution in [0.15, 0.2) is 24.3 Å². The summed E-state index contributed by atoms with van der Waals surface area (Å²) in [7, 11) is 0. The average Bonchev–Trinajstić information content (AvgIpc) is 2.83. The van der Waals surface area contributed by atoms with E-state index in [-0.39, 0.29) is 11.5 Å². The summed E-state index contributed by atoms with van der Waals surface area (Å²) in [5.74, 6) is 0.633. The highest BCUT2D eigenvalue weighted by molar-refractivity contribution is 5.68. The number of anilines is 1. The lowest BCUT2D eigenvalue weighted by Gasteiger charge is -2.26. The summed E-state index contributed by atoms with van der Waals surface area (Å²) in [5.41, 5.74) is 10.1. The molecule has 2 N–H and O–H groups in total. The highest BCUT2D eigenvalue weighted by Gasteiger charge is 2.25. The number of fused-ring (bicyclic) bond motifs is 1. The lowest BCUT2D eigenvalue weighted by molar-refractivity contribution is 0.0258. The first kappa shape index (κ1) is 20.2. The maximum absolute atomic E-state index is 12.4. The van der Waals surface area contributed by atoms with Crippen molar-refractivity contribution in [3.63, 3.8) is 0 Å². The van der Waals surface area contributed by atoms with Crippen molar-refractivity contribution in [1.82, 2.24) is 14.7 Å². The van der Waals surface area contributed by atoms with Gasteiger partial charge in [-0.05, 0) is 56.9 Å². The third-order valence-corrected chi connectivity index (χ3v) is 4.89. The highest BCUT2D eigenvalue weighted by Crippen LogP contribution is 2.26. The first-order valence-corrected chi connectivity index (χ1v) is 9.90. The number of hydrogen-bond acceptors (Lipinski definition) is 4. The Hall–Kier alpha value is -2.50. The van der Waals surface area contributed by atoms with Gasteiger partial charge in [0.1, 0.15) is 11.4 Å². The summed E-state index contributed by atoms with van der Waals surface area (Å²) in [6, 6.07) is 8.26. The second-order valence-electron chi connectivity index (χ2n) is 9.54. The molecule has 2 aromatic rings. The van der Waals surface area contributed by atoms with E-state index >= 15 is 0 Å². The molecule has 0 saturated carbocycles. The van der Waals surface area contributed by atoms with E-state index in [2.05, 4.69) is 39.0 Å². The minimum atomic E-state index is -0.480. The molecule has 28 heavy (non-hydrogen) atoms. The van der Waals surface area contributed by atoms with Crippen molar-refractivity contribution >= 4 is 11.9 Å². The number of hydrogen-bond donors (Lipinski definition) is 1. The van der Waals surface area contributed by atoms with Gasteiger partial charge in [-0.3, -0.25) is 0 Å². The Kier molecular flexibility index (Phi) is 5.17. The fraction of sp³-hybridized carbons (Fsp3) is 0.545. The Bertz CT molecular complexity index is 872. The molecule has 0 spiro atoms. The lowest BCUT2D eigenvalue weighted by Crippen LogP contribution is -2.38. The van der Waals surface area contributed by atoms with Crippen LogP contribution in [0.3, 0.4) is 0 Å². The van der Waals surface area contributed by atoms with Gasteiger partial charge in [-0.15, -0.1) is 0 Å². The monoisotopic (exact) mass is 384 g/mol. The summed E-state index contributed by atoms with van der Waals surface area (Å²) in [5, 5.41) is 4.71. The van der Waals surface area contributed by atoms with Gasteiger partial charge in [-0.1, -0.05) is 26.8 Å². The van der Waals surface area contributed by atoms with E-state index in [9.17, 15) is 4.79 Å². The molecule has 0 radical (unpaired) electrons. The van der Waals surface area contributed by atoms with Gasteiger partial charge in [0, 0.05) is 24.6 Å². The zero-order valence-electron chi connectivity index (χ0n) is 17.9. The van der Waals surface area contributed by atoms with E-state index in [1.54, 1.807) is 9.58 Å². The van der Waals surface area contributed by atoms with E-state index < -0.39 is 5.60 Å². The van der Waals surface area contributed by atoms with Crippen LogP contribution in [0.1, 0.15) is 58.4 Å². The number of aromatic nitrogens is 2. The van der Waals surface area contributed by atoms with Gasteiger partial charge in [0.15, 0.2) is 0 Å². The molecular formula is C22H32N4O2. The summed E-state index contributed by atoms with van der Waals surface area (Å²) in [6.45, 7) is 13.4. The van der Waals surface area contributed by atoms with Crippen molar-refractivity contribution < 1.29 is 9.53 Å². The smallest absolute Gasteiger partial charge is 0.410 e. The molecule has 0 bridgehead atoms. The molecule has 1 aliphatic rings. The van der Waals surface area contributed by atoms with Gasteiger partial charge in [0.05, 0.1) is 11.4 Å². The third-order valence-electron chi connectivity index (χ3n) is 4.89. The Labute approximate surface area is 167 Å². The Morgan fingerprint density at radius 1 is 1.04 bits per heavy atom. The van der Waals surface area contributed by atoms with Gasteiger partial charge < -0.3 is 15.4 Å². The number of amides is 1. The molecule has 3 rings (SSSR count). The first-order chi connectivity index (χ1) is 12.9. The SMILES string of the molecule is CC(C)(C)OC(=O)N1CCc2ccc(-n3nc(C(C)(C)C)cc3N)cc2CC1. The third kappa shape index (κ3) is 4.49. The summed E-state index contributed by atoms with van der Waals surface area (Å²) in [6.07, 6.45) is 1.36. The molecule has 152 valence electrons. The largest absolute Gasteiger partial charge is 0.444 e. The van der Waals surface area contributed by atoms with Crippen molar-refractivity contribution in [3.05, 3.63) is 41.1 Å². The van der Waals surface area contributed by atoms with E-state index in [0.29, 0.717) is 18.9 Å². The van der Waals surface area contributed by atoms with Crippen molar-refractivity contribution in [2.45, 2.75) is 65.4 Å². The minimum Gasteiger partial charge on any atom is -0.444 e. The highest BCUT2D eigenvalue weighted by atomic mass is 16.6. The lowest BCUT2D eigenvalue weighted by atomic mass is 9.92. The topological polar surface area (TPSA) is 73.4 Å². The summed E-state index contributed by atoms with van der Waals surface area (Å²) in [4.78, 5) is 14.2. The zero-order chi connectivity index (χ0) is 20.7. The number of nitrogens with two attached hydrogens (primary N) is 1. The molecule has 1 aromatic carbocycles. The van der Waals surface area contributed by atoms with Gasteiger partial charge >= 0.3 is 6.09 Å². The maximum Gasteiger partial charge on any atom is 0.410 e. The average molecular weight is 385 g/mol. The van der Waals surface area contributed by atoms with Crippen LogP contribution in [0.2, 0.25) is 0 Å². The molecule has 0 saturated heterocycles. The number of rotatable bonds is 1. The fourth-order valence-electron chi connectivity index (χ4n) is 3.32. The van der Waals surface area contributed by atoms with Crippen LogP contribution in [0.25, 0.3) is 5.69 Å². The van der Waals surface area contributed by atoms with E-state index in [0.717, 1.165) is 24.2 Å². The van der Waals surface area contributed by atoms with Crippen molar-refractivity contribution in [2.24, 2.45) is 0 Å². The normalized spacial score (nSPS) is 15.1. The summed E-state index contributed by atoms with van der Waals surface area (Å²) >= 11 is 0. The van der Waals surface area contributed by atoms with Crippen LogP contribution >= 0.6 is 0 Å². The van der Waals surface area contributed by atoms with Crippen LogP contribution in [0.4, 0.5) is 10.6 Å². The predicted molar refractivity (Wildman–Crippen MR) is 112 cm³/mol. The number of ether oxygens (including phenoxy) is 1. The van der Waals surface area contributed by atoms with Crippen molar-refractivity contribution in [1.29, 1.82) is 0 Å². The molecule has 2 heterocycles. The second kappa shape index (κ2) is 7.15. The Morgan fingerprint density at radius 3 is 2.25 bits per heavy atom. The van der Waals surface area contributed by atoms with Gasteiger partial charge in [0.2, 0.25) is 0 Å². The quantitative estimate of drug-likeness (QED) is 0.804. The van der Waals surface area contributed by atoms with Crippen LogP contribution in [-0.2, 0) is 23.0 Å². The number of nitrogens with zero attached hydrogens (tertiary/aromatic N) is 3. The molecule has 1 aliphatic heterocycles. The molecule has 0 fully saturated rings. The predicted octanol–water partition coefficient (Wildman–Crippen LogP) is 4.09. The second-order valence-corrected chi connectivity index (χ2v) is 9.54. The molecule has 0 unspecified atom stereocenters. The molecule has 0 aliphatic carbocycles. The number of nitrogen functional groups attached to an aromatic ring is 1. The summed E-state index contributed by atoms with van der Waals surface area (Å²) < 4.78 is 7.33. The molecule has 6 nitrogen and oxygen atoms in total. The Balaban J connectivity index is 1.81. The van der Waals surface area contributed by atoms with Crippen molar-refractivity contribution in [2.75, 3.05) is 18.8 Å². The number of carbonyl (C=O) groups excluding carboxylic acids is 1.